The number of aldehydes is 1. The Balaban J connectivity index is 0.000000791. The molecular weight excluding hydrogens is 200 g/mol. The first-order valence-electron chi connectivity index (χ1n) is 4.65. The number of hydrogen-bond donors (Lipinski definition) is 1. The molecule has 0 unspecified atom stereocenters. The maximum Gasteiger partial charge on any atom is 0.154 e. The molecule has 0 aliphatic heterocycles. The number of aryl methyl sites for hydroxylation is 1. The van der Waals surface area contributed by atoms with Crippen LogP contribution in [0.25, 0.3) is 0 Å². The van der Waals surface area contributed by atoms with Crippen LogP contribution >= 0.6 is 11.6 Å². The topological polar surface area (TPSA) is 37.3 Å². The largest absolute Gasteiger partial charge is 0.507 e. The maximum atomic E-state index is 10.5. The van der Waals surface area contributed by atoms with E-state index in [1.807, 2.05) is 20.8 Å². The summed E-state index contributed by atoms with van der Waals surface area (Å²) in [5.41, 5.74) is 1.11. The van der Waals surface area contributed by atoms with Crippen molar-refractivity contribution in [2.45, 2.75) is 27.2 Å². The number of phenolic OH excluding ortho intramolecular Hbond substituents is 1. The number of aromatic hydroxyl groups is 1. The molecule has 0 amide bonds. The zero-order chi connectivity index (χ0) is 11.1. The maximum absolute atomic E-state index is 10.5. The molecule has 1 N–H and O–H groups in total. The van der Waals surface area contributed by atoms with E-state index in [9.17, 15) is 9.90 Å². The Hall–Kier alpha value is -1.02. The Kier molecular flexibility index (Phi) is 5.97. The lowest BCUT2D eigenvalue weighted by molar-refractivity contribution is 0.112. The normalized spacial score (nSPS) is 8.86. The van der Waals surface area contributed by atoms with Gasteiger partial charge in [0.05, 0.1) is 5.56 Å². The van der Waals surface area contributed by atoms with Crippen molar-refractivity contribution in [1.29, 1.82) is 0 Å². The molecule has 1 rings (SSSR count). The predicted molar refractivity (Wildman–Crippen MR) is 59.2 cm³/mol. The second-order valence-electron chi connectivity index (χ2n) is 2.47. The molecule has 2 nitrogen and oxygen atoms in total. The molecule has 0 heterocycles. The minimum atomic E-state index is -0.0469. The molecule has 0 spiro atoms. The van der Waals surface area contributed by atoms with Crippen LogP contribution < -0.4 is 0 Å². The van der Waals surface area contributed by atoms with E-state index in [0.717, 1.165) is 5.56 Å². The lowest BCUT2D eigenvalue weighted by atomic mass is 10.1. The van der Waals surface area contributed by atoms with E-state index in [2.05, 4.69) is 0 Å². The van der Waals surface area contributed by atoms with Gasteiger partial charge in [-0.15, -0.1) is 0 Å². The molecule has 0 fully saturated rings. The molecule has 1 aromatic rings. The van der Waals surface area contributed by atoms with Crippen LogP contribution in [-0.2, 0) is 6.42 Å². The Morgan fingerprint density at radius 3 is 2.43 bits per heavy atom. The third-order valence-corrected chi connectivity index (χ3v) is 1.93. The highest BCUT2D eigenvalue weighted by atomic mass is 35.5. The SMILES string of the molecule is CC.CCc1cc(Cl)cc(O)c1C=O. The van der Waals surface area contributed by atoms with Crippen molar-refractivity contribution in [3.05, 3.63) is 28.3 Å². The van der Waals surface area contributed by atoms with Crippen LogP contribution in [0.15, 0.2) is 12.1 Å². The van der Waals surface area contributed by atoms with Crippen LogP contribution in [0, 0.1) is 0 Å². The van der Waals surface area contributed by atoms with Crippen LogP contribution in [0.5, 0.6) is 5.75 Å². The number of hydrogen-bond acceptors (Lipinski definition) is 2. The molecule has 0 bridgehead atoms. The number of benzene rings is 1. The van der Waals surface area contributed by atoms with E-state index in [-0.39, 0.29) is 5.75 Å². The van der Waals surface area contributed by atoms with Gasteiger partial charge in [-0.1, -0.05) is 32.4 Å². The highest BCUT2D eigenvalue weighted by molar-refractivity contribution is 6.30. The number of carbonyl (C=O) groups is 1. The lowest BCUT2D eigenvalue weighted by Crippen LogP contribution is -1.91. The smallest absolute Gasteiger partial charge is 0.154 e. The monoisotopic (exact) mass is 214 g/mol. The summed E-state index contributed by atoms with van der Waals surface area (Å²) < 4.78 is 0. The summed E-state index contributed by atoms with van der Waals surface area (Å²) >= 11 is 5.68. The molecular formula is C11H15ClO2. The van der Waals surface area contributed by atoms with Gasteiger partial charge in [0.15, 0.2) is 6.29 Å². The van der Waals surface area contributed by atoms with Crippen molar-refractivity contribution >= 4 is 17.9 Å². The van der Waals surface area contributed by atoms with Crippen molar-refractivity contribution in [1.82, 2.24) is 0 Å². The van der Waals surface area contributed by atoms with Crippen molar-refractivity contribution in [3.8, 4) is 5.75 Å². The first kappa shape index (κ1) is 13.0. The van der Waals surface area contributed by atoms with E-state index in [4.69, 9.17) is 11.6 Å². The number of halogens is 1. The zero-order valence-corrected chi connectivity index (χ0v) is 9.43. The second-order valence-corrected chi connectivity index (χ2v) is 2.91. The number of carbonyl (C=O) groups excluding carboxylic acids is 1. The number of phenols is 1. The predicted octanol–water partition coefficient (Wildman–Crippen LogP) is 3.45. The van der Waals surface area contributed by atoms with Crippen molar-refractivity contribution in [2.24, 2.45) is 0 Å². The first-order chi connectivity index (χ1) is 6.69. The minimum Gasteiger partial charge on any atom is -0.507 e. The van der Waals surface area contributed by atoms with E-state index in [0.29, 0.717) is 23.3 Å². The summed E-state index contributed by atoms with van der Waals surface area (Å²) in [4.78, 5) is 10.5. The standard InChI is InChI=1S/C9H9ClO2.C2H6/c1-2-6-3-7(10)4-9(12)8(6)5-11;1-2/h3-5,12H,2H2,1H3;1-2H3. The van der Waals surface area contributed by atoms with Gasteiger partial charge in [0, 0.05) is 5.02 Å². The summed E-state index contributed by atoms with van der Waals surface area (Å²) in [5, 5.41) is 9.74. The van der Waals surface area contributed by atoms with Gasteiger partial charge in [0.1, 0.15) is 5.75 Å². The molecule has 0 aliphatic rings. The average Bonchev–Trinajstić information content (AvgIpc) is 2.19. The van der Waals surface area contributed by atoms with Crippen molar-refractivity contribution in [2.75, 3.05) is 0 Å². The summed E-state index contributed by atoms with van der Waals surface area (Å²) in [6.45, 7) is 5.90. The van der Waals surface area contributed by atoms with E-state index < -0.39 is 0 Å². The average molecular weight is 215 g/mol. The van der Waals surface area contributed by atoms with E-state index in [1.54, 1.807) is 6.07 Å². The van der Waals surface area contributed by atoms with Crippen LogP contribution in [0.1, 0.15) is 36.7 Å². The zero-order valence-electron chi connectivity index (χ0n) is 8.67. The molecule has 3 heteroatoms. The van der Waals surface area contributed by atoms with Crippen molar-refractivity contribution in [3.63, 3.8) is 0 Å². The van der Waals surface area contributed by atoms with Gasteiger partial charge >= 0.3 is 0 Å². The fourth-order valence-corrected chi connectivity index (χ4v) is 1.32. The van der Waals surface area contributed by atoms with Gasteiger partial charge in [0.2, 0.25) is 0 Å². The Morgan fingerprint density at radius 1 is 1.43 bits per heavy atom. The molecule has 14 heavy (non-hydrogen) atoms. The van der Waals surface area contributed by atoms with Crippen molar-refractivity contribution < 1.29 is 9.90 Å². The van der Waals surface area contributed by atoms with Crippen LogP contribution in [-0.4, -0.2) is 11.4 Å². The molecule has 0 saturated heterocycles. The highest BCUT2D eigenvalue weighted by Crippen LogP contribution is 2.25. The Bertz CT molecular complexity index is 308. The second kappa shape index (κ2) is 6.44. The van der Waals surface area contributed by atoms with Crippen LogP contribution in [0.4, 0.5) is 0 Å². The van der Waals surface area contributed by atoms with Crippen LogP contribution in [0.3, 0.4) is 0 Å². The van der Waals surface area contributed by atoms with Gasteiger partial charge in [-0.3, -0.25) is 4.79 Å². The summed E-state index contributed by atoms with van der Waals surface area (Å²) in [6, 6.07) is 3.05. The summed E-state index contributed by atoms with van der Waals surface area (Å²) in [6.07, 6.45) is 1.33. The van der Waals surface area contributed by atoms with Gasteiger partial charge in [-0.2, -0.15) is 0 Å². The van der Waals surface area contributed by atoms with Gasteiger partial charge in [0.25, 0.3) is 0 Å². The van der Waals surface area contributed by atoms with E-state index in [1.165, 1.54) is 6.07 Å². The van der Waals surface area contributed by atoms with E-state index >= 15 is 0 Å². The van der Waals surface area contributed by atoms with Gasteiger partial charge in [-0.25, -0.2) is 0 Å². The van der Waals surface area contributed by atoms with Gasteiger partial charge < -0.3 is 5.11 Å². The van der Waals surface area contributed by atoms with Crippen LogP contribution in [0.2, 0.25) is 5.02 Å². The molecule has 0 radical (unpaired) electrons. The fraction of sp³-hybridized carbons (Fsp3) is 0.364. The molecule has 0 saturated carbocycles. The Morgan fingerprint density at radius 2 is 2.00 bits per heavy atom. The third-order valence-electron chi connectivity index (χ3n) is 1.71. The van der Waals surface area contributed by atoms with Gasteiger partial charge in [-0.05, 0) is 24.1 Å². The highest BCUT2D eigenvalue weighted by Gasteiger charge is 2.06. The fourth-order valence-electron chi connectivity index (χ4n) is 1.09. The molecule has 1 aromatic carbocycles. The molecule has 0 aliphatic carbocycles. The number of rotatable bonds is 2. The first-order valence-corrected chi connectivity index (χ1v) is 5.03. The summed E-state index contributed by atoms with van der Waals surface area (Å²) in [7, 11) is 0. The third kappa shape index (κ3) is 3.04. The molecule has 0 aromatic heterocycles. The molecule has 0 atom stereocenters. The lowest BCUT2D eigenvalue weighted by Gasteiger charge is -2.04. The summed E-state index contributed by atoms with van der Waals surface area (Å²) in [5.74, 6) is -0.0469. The quantitative estimate of drug-likeness (QED) is 0.766. The minimum absolute atomic E-state index is 0.0469. The Labute approximate surface area is 89.5 Å². The molecule has 78 valence electrons.